The largest absolute Gasteiger partial charge is 0.450 e. The van der Waals surface area contributed by atoms with E-state index in [1.807, 2.05) is 22.9 Å². The molecular formula is C65H67Cl3F9N21O8. The fraction of sp³-hybridized carbons (Fsp3) is 0.400. The highest BCUT2D eigenvalue weighted by atomic mass is 35.5. The molecular weight excluding hydrogens is 1480 g/mol. The van der Waals surface area contributed by atoms with Crippen LogP contribution >= 0.6 is 34.8 Å². The van der Waals surface area contributed by atoms with Gasteiger partial charge in [0.05, 0.1) is 47.9 Å². The van der Waals surface area contributed by atoms with Crippen LogP contribution in [0.4, 0.5) is 66.6 Å². The SMILES string of the molecule is CCC(=O)N1CCN(c2ccnc(-c3c[nH]c4ncc(Cl)cc34)n2)[C@H](C(=O)NCC(F)(F)F)C1.CCCCOC(=O)N1CCN(c2ccnc(-c3c[nH]c4ncc(Cl)cc34)n2)[C@H](C(=O)NCC(F)(F)F)C1.CCOC(=O)N1CCN(c2ccnc(-c3c[nH]c4ncc(Cl)cc34)n2)[C@H](C(=O)NCC(F)(F)F)C1. The molecule has 41 heteroatoms. The lowest BCUT2D eigenvalue weighted by Crippen LogP contribution is -2.61. The van der Waals surface area contributed by atoms with Crippen molar-refractivity contribution < 1.29 is 77.8 Å². The number of ether oxygens (including phenoxy) is 2. The second-order valence-corrected chi connectivity index (χ2v) is 25.2. The van der Waals surface area contributed by atoms with Crippen LogP contribution in [0, 0.1) is 0 Å². The number of aromatic nitrogens is 12. The molecule has 29 nitrogen and oxygen atoms in total. The number of unbranched alkanes of at least 4 members (excludes halogenated alkanes) is 1. The van der Waals surface area contributed by atoms with Crippen LogP contribution in [-0.4, -0.2) is 239 Å². The van der Waals surface area contributed by atoms with Gasteiger partial charge in [0.25, 0.3) is 0 Å². The molecule has 9 aromatic heterocycles. The van der Waals surface area contributed by atoms with Gasteiger partial charge in [0.2, 0.25) is 23.6 Å². The second kappa shape index (κ2) is 34.1. The van der Waals surface area contributed by atoms with Crippen molar-refractivity contribution in [3.05, 3.63) is 107 Å². The Kier molecular flexibility index (Phi) is 25.1. The fourth-order valence-electron chi connectivity index (χ4n) is 11.6. The summed E-state index contributed by atoms with van der Waals surface area (Å²) in [5.74, 6) is -0.862. The normalized spacial score (nSPS) is 16.4. The molecule has 12 rings (SSSR count). The lowest BCUT2D eigenvalue weighted by molar-refractivity contribution is -0.141. The molecule has 564 valence electrons. The molecule has 3 aliphatic heterocycles. The number of H-pyrrole nitrogens is 3. The first-order chi connectivity index (χ1) is 50.5. The van der Waals surface area contributed by atoms with Gasteiger partial charge >= 0.3 is 30.7 Å². The van der Waals surface area contributed by atoms with Gasteiger partial charge in [0.15, 0.2) is 17.5 Å². The first-order valence-corrected chi connectivity index (χ1v) is 33.9. The van der Waals surface area contributed by atoms with Crippen molar-refractivity contribution >= 4 is 121 Å². The Balaban J connectivity index is 0.000000170. The summed E-state index contributed by atoms with van der Waals surface area (Å²) >= 11 is 18.2. The Morgan fingerprint density at radius 3 is 1.13 bits per heavy atom. The number of hydrogen-bond acceptors (Lipinski definition) is 20. The van der Waals surface area contributed by atoms with E-state index in [4.69, 9.17) is 44.3 Å². The Hall–Kier alpha value is -10.6. The van der Waals surface area contributed by atoms with E-state index in [0.29, 0.717) is 113 Å². The quantitative estimate of drug-likeness (QED) is 0.0365. The Labute approximate surface area is 611 Å². The summed E-state index contributed by atoms with van der Waals surface area (Å²) in [7, 11) is 0. The number of halogens is 12. The molecule has 3 atom stereocenters. The zero-order chi connectivity index (χ0) is 76.2. The highest BCUT2D eigenvalue weighted by molar-refractivity contribution is 6.32. The summed E-state index contributed by atoms with van der Waals surface area (Å²) < 4.78 is 125. The minimum atomic E-state index is -4.58. The second-order valence-electron chi connectivity index (χ2n) is 23.9. The highest BCUT2D eigenvalue weighted by Gasteiger charge is 2.41. The van der Waals surface area contributed by atoms with E-state index < -0.39 is 86.2 Å². The average Bonchev–Trinajstić information content (AvgIpc) is 1.43. The molecule has 0 aliphatic carbocycles. The molecule has 0 saturated carbocycles. The maximum Gasteiger partial charge on any atom is 0.409 e. The van der Waals surface area contributed by atoms with E-state index >= 15 is 0 Å². The van der Waals surface area contributed by atoms with Crippen LogP contribution in [0.2, 0.25) is 15.1 Å². The third-order valence-electron chi connectivity index (χ3n) is 16.6. The molecule has 0 bridgehead atoms. The van der Waals surface area contributed by atoms with Crippen molar-refractivity contribution in [1.82, 2.24) is 90.5 Å². The summed E-state index contributed by atoms with van der Waals surface area (Å²) in [4.78, 5) is 132. The molecule has 3 fully saturated rings. The number of alkyl halides is 9. The zero-order valence-electron chi connectivity index (χ0n) is 56.4. The monoisotopic (exact) mass is 1550 g/mol. The lowest BCUT2D eigenvalue weighted by atomic mass is 10.1. The highest BCUT2D eigenvalue weighted by Crippen LogP contribution is 2.34. The third-order valence-corrected chi connectivity index (χ3v) is 17.2. The number of piperazine rings is 3. The molecule has 9 aromatic rings. The number of aromatic amines is 3. The molecule has 106 heavy (non-hydrogen) atoms. The van der Waals surface area contributed by atoms with Gasteiger partial charge in [-0.2, -0.15) is 39.5 Å². The summed E-state index contributed by atoms with van der Waals surface area (Å²) in [5, 5.41) is 9.09. The zero-order valence-corrected chi connectivity index (χ0v) is 58.7. The van der Waals surface area contributed by atoms with Gasteiger partial charge in [-0.15, -0.1) is 0 Å². The number of pyridine rings is 3. The van der Waals surface area contributed by atoms with Crippen LogP contribution in [-0.2, 0) is 28.7 Å². The minimum absolute atomic E-state index is 0.0533. The van der Waals surface area contributed by atoms with E-state index in [1.165, 1.54) is 51.9 Å². The number of nitrogens with one attached hydrogen (secondary N) is 6. The molecule has 0 aromatic carbocycles. The van der Waals surface area contributed by atoms with Crippen LogP contribution < -0.4 is 30.7 Å². The number of amides is 6. The van der Waals surface area contributed by atoms with E-state index in [9.17, 15) is 68.3 Å². The lowest BCUT2D eigenvalue weighted by Gasteiger charge is -2.41. The summed E-state index contributed by atoms with van der Waals surface area (Å²) in [6.07, 6.45) is 0.747. The molecule has 12 heterocycles. The van der Waals surface area contributed by atoms with E-state index in [1.54, 1.807) is 83.5 Å². The van der Waals surface area contributed by atoms with Crippen molar-refractivity contribution in [3.63, 3.8) is 0 Å². The molecule has 6 amide bonds. The predicted molar refractivity (Wildman–Crippen MR) is 370 cm³/mol. The summed E-state index contributed by atoms with van der Waals surface area (Å²) in [6, 6.07) is 6.51. The van der Waals surface area contributed by atoms with Crippen molar-refractivity contribution in [2.45, 2.75) is 76.7 Å². The van der Waals surface area contributed by atoms with Crippen LogP contribution in [0.25, 0.3) is 67.3 Å². The van der Waals surface area contributed by atoms with Crippen LogP contribution in [0.5, 0.6) is 0 Å². The van der Waals surface area contributed by atoms with Crippen molar-refractivity contribution in [2.24, 2.45) is 0 Å². The maximum absolute atomic E-state index is 12.9. The van der Waals surface area contributed by atoms with E-state index in [2.05, 4.69) is 59.8 Å². The first kappa shape index (κ1) is 78.0. The Morgan fingerprint density at radius 1 is 0.481 bits per heavy atom. The van der Waals surface area contributed by atoms with Gasteiger partial charge < -0.3 is 69.8 Å². The topological polar surface area (TPSA) is 340 Å². The minimum Gasteiger partial charge on any atom is -0.450 e. The third kappa shape index (κ3) is 19.8. The van der Waals surface area contributed by atoms with Crippen LogP contribution in [0.1, 0.15) is 40.0 Å². The van der Waals surface area contributed by atoms with Gasteiger partial charge in [0, 0.05) is 134 Å². The van der Waals surface area contributed by atoms with Crippen molar-refractivity contribution in [1.29, 1.82) is 0 Å². The predicted octanol–water partition coefficient (Wildman–Crippen LogP) is 9.56. The first-order valence-electron chi connectivity index (χ1n) is 32.8. The van der Waals surface area contributed by atoms with Crippen LogP contribution in [0.15, 0.2) is 92.2 Å². The average molecular weight is 1550 g/mol. The smallest absolute Gasteiger partial charge is 0.409 e. The molecule has 0 unspecified atom stereocenters. The Morgan fingerprint density at radius 2 is 0.811 bits per heavy atom. The van der Waals surface area contributed by atoms with Crippen molar-refractivity contribution in [3.8, 4) is 34.2 Å². The van der Waals surface area contributed by atoms with Crippen molar-refractivity contribution in [2.75, 3.05) is 106 Å². The fourth-order valence-corrected chi connectivity index (χ4v) is 12.0. The number of fused-ring (bicyclic) bond motifs is 3. The number of carbonyl (C=O) groups excluding carboxylic acids is 6. The summed E-state index contributed by atoms with van der Waals surface area (Å²) in [5.41, 5.74) is 3.59. The molecule has 0 radical (unpaired) electrons. The van der Waals surface area contributed by atoms with Gasteiger partial charge in [-0.3, -0.25) is 19.2 Å². The number of anilines is 3. The van der Waals surface area contributed by atoms with Gasteiger partial charge in [-0.1, -0.05) is 55.1 Å². The van der Waals surface area contributed by atoms with E-state index in [0.717, 1.165) is 6.42 Å². The number of hydrogen-bond donors (Lipinski definition) is 6. The standard InChI is InChI=1S/C23H25ClF3N7O3.C21H21ClF3N7O3.C21H21ClF3N7O2/c1-2-3-8-37-22(36)33-6-7-34(17(12-33)21(35)31-13-23(25,26)27)18-4-5-28-20(32-18)16-11-30-19-15(16)9-14(24)10-29-19;1-2-35-20(34)31-5-6-32(15(10-31)19(33)29-11-21(23,24)25)16-3-4-26-18(30-16)14-9-28-17-13(14)7-12(22)8-27-17;1-2-17(33)31-5-6-32(15(10-31)20(34)29-11-21(23,24)25)16-3-4-26-19(30-16)14-9-28-18-13(14)7-12(22)8-27-18/h4-5,9-11,17H,2-3,6-8,12-13H2,1H3,(H,29,30)(H,31,35);3-4,7-9,15H,2,5-6,10-11H2,1H3,(H,27,28)(H,29,33);3-4,7-9,15H,2,5-6,10-11H2,1H3,(H,27,28)(H,29,34)/t17-;2*15-/m000/s1. The molecule has 6 N–H and O–H groups in total. The van der Waals surface area contributed by atoms with Gasteiger partial charge in [-0.05, 0) is 49.7 Å². The van der Waals surface area contributed by atoms with Gasteiger partial charge in [-0.25, -0.2) is 54.4 Å². The molecule has 3 saturated heterocycles. The van der Waals surface area contributed by atoms with Gasteiger partial charge in [0.1, 0.15) is 72.2 Å². The number of rotatable bonds is 17. The maximum atomic E-state index is 12.9. The molecule has 0 spiro atoms. The van der Waals surface area contributed by atoms with E-state index in [-0.39, 0.29) is 77.9 Å². The number of nitrogens with zero attached hydrogens (tertiary/aromatic N) is 15. The Bertz CT molecular complexity index is 4630. The molecule has 3 aliphatic rings. The van der Waals surface area contributed by atoms with Crippen LogP contribution in [0.3, 0.4) is 0 Å². The number of carbonyl (C=O) groups is 6. The summed E-state index contributed by atoms with van der Waals surface area (Å²) in [6.45, 7) is 1.97.